The van der Waals surface area contributed by atoms with Gasteiger partial charge in [-0.3, -0.25) is 21.0 Å². The molecule has 0 spiro atoms. The van der Waals surface area contributed by atoms with E-state index < -0.39 is 0 Å². The molecule has 2 rings (SSSR count). The summed E-state index contributed by atoms with van der Waals surface area (Å²) in [5.41, 5.74) is 8.55. The van der Waals surface area contributed by atoms with Crippen LogP contribution in [0, 0.1) is 5.41 Å². The monoisotopic (exact) mass is 287 g/mol. The summed E-state index contributed by atoms with van der Waals surface area (Å²) in [5, 5.41) is 15.4. The second-order valence-corrected chi connectivity index (χ2v) is 4.92. The molecule has 0 unspecified atom stereocenters. The topological polar surface area (TPSA) is 120 Å². The molecule has 0 radical (unpaired) electrons. The van der Waals surface area contributed by atoms with Crippen LogP contribution in [0.25, 0.3) is 0 Å². The van der Waals surface area contributed by atoms with Crippen molar-refractivity contribution in [1.29, 1.82) is 5.41 Å². The number of nitrogens with one attached hydrogen (secondary N) is 2. The number of allylic oxidation sites excluding steroid dienone is 3. The third-order valence-corrected chi connectivity index (χ3v) is 3.20. The molecule has 0 aromatic carbocycles. The smallest absolute Gasteiger partial charge is 0.321 e. The zero-order chi connectivity index (χ0) is 15.4. The van der Waals surface area contributed by atoms with Gasteiger partial charge in [-0.05, 0) is 19.1 Å². The van der Waals surface area contributed by atoms with Gasteiger partial charge in [-0.1, -0.05) is 5.57 Å². The summed E-state index contributed by atoms with van der Waals surface area (Å²) in [4.78, 5) is 17.7. The molecule has 7 heteroatoms. The number of nitrogens with zero attached hydrogens (tertiary/aromatic N) is 2. The van der Waals surface area contributed by atoms with Crippen molar-refractivity contribution in [3.05, 3.63) is 35.2 Å². The van der Waals surface area contributed by atoms with Gasteiger partial charge in [0.15, 0.2) is 0 Å². The van der Waals surface area contributed by atoms with Crippen LogP contribution in [-0.2, 0) is 0 Å². The van der Waals surface area contributed by atoms with Gasteiger partial charge < -0.3 is 10.7 Å². The number of nitrogens with two attached hydrogens (primary N) is 2. The second-order valence-electron chi connectivity index (χ2n) is 4.92. The first-order valence-electron chi connectivity index (χ1n) is 6.61. The lowest BCUT2D eigenvalue weighted by Crippen LogP contribution is -2.47. The highest BCUT2D eigenvalue weighted by Gasteiger charge is 2.23. The standard InChI is InChI=1S/C14H18N6O/c1-9-4-11(19-8-10(7-15)13(16)17)6-12(5-9)20-3-2-18-14(20)21/h5-8,15H,2-4H2,1H3,(H3,16,17)(H,18,21)/p+1/b10-8+,15-7?,19-11?. The Morgan fingerprint density at radius 3 is 2.90 bits per heavy atom. The van der Waals surface area contributed by atoms with E-state index in [1.54, 1.807) is 4.90 Å². The number of amides is 2. The highest BCUT2D eigenvalue weighted by Crippen LogP contribution is 2.20. The minimum Gasteiger partial charge on any atom is -0.336 e. The van der Waals surface area contributed by atoms with Gasteiger partial charge in [-0.25, -0.2) is 4.79 Å². The molecule has 6 N–H and O–H groups in total. The first-order valence-corrected chi connectivity index (χ1v) is 6.61. The molecule has 0 bridgehead atoms. The quantitative estimate of drug-likeness (QED) is 0.405. The highest BCUT2D eigenvalue weighted by molar-refractivity contribution is 6.11. The van der Waals surface area contributed by atoms with Crippen molar-refractivity contribution in [2.45, 2.75) is 13.3 Å². The summed E-state index contributed by atoms with van der Waals surface area (Å²) in [6.45, 7) is 3.28. The molecule has 0 aromatic rings. The van der Waals surface area contributed by atoms with E-state index in [0.29, 0.717) is 25.1 Å². The summed E-state index contributed by atoms with van der Waals surface area (Å²) < 4.78 is 0. The molecular formula is C14H19N6O+. The van der Waals surface area contributed by atoms with Crippen LogP contribution < -0.4 is 16.5 Å². The van der Waals surface area contributed by atoms with Gasteiger partial charge in [0.05, 0.1) is 5.57 Å². The number of aliphatic imine (C=N–C) groups is 1. The molecule has 2 amide bonds. The first-order chi connectivity index (χ1) is 10.0. The molecule has 1 heterocycles. The van der Waals surface area contributed by atoms with Gasteiger partial charge in [-0.2, -0.15) is 0 Å². The highest BCUT2D eigenvalue weighted by atomic mass is 16.2. The Morgan fingerprint density at radius 1 is 1.57 bits per heavy atom. The molecule has 1 aliphatic carbocycles. The zero-order valence-electron chi connectivity index (χ0n) is 11.9. The molecule has 7 nitrogen and oxygen atoms in total. The molecular weight excluding hydrogens is 268 g/mol. The third kappa shape index (κ3) is 3.44. The van der Waals surface area contributed by atoms with Crippen LogP contribution in [0.5, 0.6) is 0 Å². The van der Waals surface area contributed by atoms with Crippen LogP contribution in [-0.4, -0.2) is 41.8 Å². The Kier molecular flexibility index (Phi) is 4.32. The summed E-state index contributed by atoms with van der Waals surface area (Å²) in [7, 11) is 0. The molecule has 21 heavy (non-hydrogen) atoms. The van der Waals surface area contributed by atoms with Crippen LogP contribution in [0.1, 0.15) is 13.3 Å². The number of rotatable bonds is 4. The Morgan fingerprint density at radius 2 is 2.33 bits per heavy atom. The maximum atomic E-state index is 11.7. The second kappa shape index (κ2) is 6.17. The average molecular weight is 287 g/mol. The van der Waals surface area contributed by atoms with E-state index in [1.165, 1.54) is 6.20 Å². The van der Waals surface area contributed by atoms with Crippen molar-refractivity contribution in [2.24, 2.45) is 10.7 Å². The van der Waals surface area contributed by atoms with E-state index in [2.05, 4.69) is 10.3 Å². The van der Waals surface area contributed by atoms with Gasteiger partial charge in [0.1, 0.15) is 0 Å². The van der Waals surface area contributed by atoms with Crippen molar-refractivity contribution in [3.8, 4) is 0 Å². The molecule has 0 aromatic heterocycles. The maximum absolute atomic E-state index is 11.7. The number of carbonyl (C=O) groups excluding carboxylic acids is 1. The van der Waals surface area contributed by atoms with E-state index in [4.69, 9.17) is 16.6 Å². The average Bonchev–Trinajstić information content (AvgIpc) is 2.84. The summed E-state index contributed by atoms with van der Waals surface area (Å²) >= 11 is 0. The van der Waals surface area contributed by atoms with Gasteiger partial charge in [0.2, 0.25) is 0 Å². The van der Waals surface area contributed by atoms with Crippen molar-refractivity contribution < 1.29 is 10.2 Å². The molecule has 110 valence electrons. The third-order valence-electron chi connectivity index (χ3n) is 3.20. The van der Waals surface area contributed by atoms with Crippen LogP contribution in [0.2, 0.25) is 0 Å². The number of urea groups is 1. The van der Waals surface area contributed by atoms with Crippen molar-refractivity contribution in [1.82, 2.24) is 10.2 Å². The number of amidine groups is 1. The van der Waals surface area contributed by atoms with Crippen molar-refractivity contribution >= 4 is 23.8 Å². The fourth-order valence-electron chi connectivity index (χ4n) is 2.16. The SMILES string of the molecule is CC1=CC(N2CCNC2=O)=CC(=N/C=C(\C=N)C(N)=[NH2+])C1. The van der Waals surface area contributed by atoms with Gasteiger partial charge >= 0.3 is 6.03 Å². The Bertz CT molecular complexity index is 611. The lowest BCUT2D eigenvalue weighted by molar-refractivity contribution is -0.114. The lowest BCUT2D eigenvalue weighted by atomic mass is 10.0. The summed E-state index contributed by atoms with van der Waals surface area (Å²) in [6, 6.07) is -0.0955. The van der Waals surface area contributed by atoms with Crippen LogP contribution in [0.3, 0.4) is 0 Å². The fourth-order valence-corrected chi connectivity index (χ4v) is 2.16. The van der Waals surface area contributed by atoms with Crippen molar-refractivity contribution in [3.63, 3.8) is 0 Å². The van der Waals surface area contributed by atoms with Crippen molar-refractivity contribution in [2.75, 3.05) is 13.1 Å². The molecule has 0 saturated carbocycles. The van der Waals surface area contributed by atoms with E-state index in [-0.39, 0.29) is 11.9 Å². The molecule has 1 saturated heterocycles. The molecule has 1 fully saturated rings. The zero-order valence-corrected chi connectivity index (χ0v) is 11.9. The Balaban J connectivity index is 2.27. The molecule has 2 aliphatic rings. The van der Waals surface area contributed by atoms with E-state index in [0.717, 1.165) is 23.2 Å². The van der Waals surface area contributed by atoms with Crippen LogP contribution in [0.4, 0.5) is 4.79 Å². The summed E-state index contributed by atoms with van der Waals surface area (Å²) in [6.07, 6.45) is 7.06. The largest absolute Gasteiger partial charge is 0.336 e. The van der Waals surface area contributed by atoms with Crippen LogP contribution >= 0.6 is 0 Å². The number of carbonyl (C=O) groups is 1. The predicted molar refractivity (Wildman–Crippen MR) is 82.0 cm³/mol. The first kappa shape index (κ1) is 14.7. The van der Waals surface area contributed by atoms with E-state index in [9.17, 15) is 4.79 Å². The van der Waals surface area contributed by atoms with Crippen LogP contribution in [0.15, 0.2) is 40.2 Å². The van der Waals surface area contributed by atoms with E-state index in [1.807, 2.05) is 19.1 Å². The summed E-state index contributed by atoms with van der Waals surface area (Å²) in [5.74, 6) is 0.0561. The van der Waals surface area contributed by atoms with E-state index >= 15 is 0 Å². The van der Waals surface area contributed by atoms with Gasteiger partial charge in [-0.15, -0.1) is 0 Å². The normalized spacial score (nSPS) is 21.0. The predicted octanol–water partition coefficient (Wildman–Crippen LogP) is -0.664. The maximum Gasteiger partial charge on any atom is 0.321 e. The van der Waals surface area contributed by atoms with Gasteiger partial charge in [0, 0.05) is 43.3 Å². The molecule has 0 atom stereocenters. The van der Waals surface area contributed by atoms with Gasteiger partial charge in [0.25, 0.3) is 5.84 Å². The Hall–Kier alpha value is -2.70. The number of hydrogen-bond donors (Lipinski definition) is 4. The number of hydrogen-bond acceptors (Lipinski definition) is 3. The minimum atomic E-state index is -0.0955. The lowest BCUT2D eigenvalue weighted by Gasteiger charge is -2.20. The molecule has 1 aliphatic heterocycles. The minimum absolute atomic E-state index is 0.0561. The fraction of sp³-hybridized carbons (Fsp3) is 0.286. The Labute approximate surface area is 122 Å².